The van der Waals surface area contributed by atoms with E-state index >= 15 is 0 Å². The Morgan fingerprint density at radius 3 is 1.80 bits per heavy atom. The maximum absolute atomic E-state index is 2.37. The average Bonchev–Trinajstić information content (AvgIpc) is 3.27. The van der Waals surface area contributed by atoms with Gasteiger partial charge in [0.1, 0.15) is 0 Å². The fourth-order valence-corrected chi connectivity index (χ4v) is 4.48. The summed E-state index contributed by atoms with van der Waals surface area (Å²) in [5, 5.41) is 0. The minimum Gasteiger partial charge on any atom is -0.0654 e. The van der Waals surface area contributed by atoms with Crippen LogP contribution in [0.15, 0.2) is 0 Å². The summed E-state index contributed by atoms with van der Waals surface area (Å²) >= 11 is 0. The van der Waals surface area contributed by atoms with Gasteiger partial charge in [-0.3, -0.25) is 0 Å². The molecule has 3 saturated carbocycles. The molecule has 2 atom stereocenters. The number of hydrogen-bond donors (Lipinski definition) is 0. The maximum Gasteiger partial charge on any atom is -0.0355 e. The van der Waals surface area contributed by atoms with Crippen molar-refractivity contribution in [2.45, 2.75) is 96.8 Å². The SMILES string of the molecule is CCCCC(C1CC1)C(CCCCCC1CC1)C1CC1. The Bertz CT molecular complexity index is 270. The van der Waals surface area contributed by atoms with Crippen molar-refractivity contribution in [1.29, 1.82) is 0 Å². The van der Waals surface area contributed by atoms with Crippen LogP contribution in [0.25, 0.3) is 0 Å². The van der Waals surface area contributed by atoms with Gasteiger partial charge in [-0.2, -0.15) is 0 Å². The van der Waals surface area contributed by atoms with Crippen molar-refractivity contribution in [3.8, 4) is 0 Å². The van der Waals surface area contributed by atoms with Gasteiger partial charge in [-0.05, 0) is 68.1 Å². The van der Waals surface area contributed by atoms with Gasteiger partial charge in [0, 0.05) is 0 Å². The van der Waals surface area contributed by atoms with Gasteiger partial charge < -0.3 is 0 Å². The van der Waals surface area contributed by atoms with Gasteiger partial charge in [0.05, 0.1) is 0 Å². The van der Waals surface area contributed by atoms with Gasteiger partial charge in [-0.15, -0.1) is 0 Å². The monoisotopic (exact) mass is 276 g/mol. The summed E-state index contributed by atoms with van der Waals surface area (Å²) in [6.07, 6.45) is 21.6. The number of rotatable bonds is 12. The maximum atomic E-state index is 2.37. The van der Waals surface area contributed by atoms with E-state index in [0.29, 0.717) is 0 Å². The Morgan fingerprint density at radius 2 is 1.30 bits per heavy atom. The molecule has 0 aromatic rings. The van der Waals surface area contributed by atoms with E-state index in [2.05, 4.69) is 6.92 Å². The standard InChI is InChI=1S/C20H36/c1-2-3-8-19(17-12-13-17)20(18-14-15-18)9-6-4-5-7-16-10-11-16/h16-20H,2-15H2,1H3. The van der Waals surface area contributed by atoms with Gasteiger partial charge in [-0.1, -0.05) is 58.3 Å². The van der Waals surface area contributed by atoms with Crippen molar-refractivity contribution in [2.24, 2.45) is 29.6 Å². The van der Waals surface area contributed by atoms with Crippen LogP contribution in [0, 0.1) is 29.6 Å². The molecule has 0 amide bonds. The van der Waals surface area contributed by atoms with Crippen molar-refractivity contribution < 1.29 is 0 Å². The van der Waals surface area contributed by atoms with Gasteiger partial charge in [0.2, 0.25) is 0 Å². The lowest BCUT2D eigenvalue weighted by Crippen LogP contribution is -2.19. The van der Waals surface area contributed by atoms with Crippen LogP contribution in [0.1, 0.15) is 96.8 Å². The highest BCUT2D eigenvalue weighted by molar-refractivity contribution is 4.92. The third-order valence-corrected chi connectivity index (χ3v) is 6.24. The first kappa shape index (κ1) is 14.9. The van der Waals surface area contributed by atoms with E-state index in [1.54, 1.807) is 64.2 Å². The van der Waals surface area contributed by atoms with Gasteiger partial charge >= 0.3 is 0 Å². The first-order chi connectivity index (χ1) is 9.88. The molecular formula is C20H36. The Kier molecular flexibility index (Phi) is 5.46. The summed E-state index contributed by atoms with van der Waals surface area (Å²) in [7, 11) is 0. The number of hydrogen-bond acceptors (Lipinski definition) is 0. The zero-order valence-corrected chi connectivity index (χ0v) is 13.8. The molecule has 0 spiro atoms. The summed E-state index contributed by atoms with van der Waals surface area (Å²) in [5.74, 6) is 5.72. The Morgan fingerprint density at radius 1 is 0.700 bits per heavy atom. The second-order valence-electron chi connectivity index (χ2n) is 8.23. The summed E-state index contributed by atoms with van der Waals surface area (Å²) in [4.78, 5) is 0. The minimum atomic E-state index is 1.13. The van der Waals surface area contributed by atoms with Gasteiger partial charge in [-0.25, -0.2) is 0 Å². The number of unbranched alkanes of at least 4 members (excludes halogenated alkanes) is 3. The van der Waals surface area contributed by atoms with Crippen LogP contribution in [0.5, 0.6) is 0 Å². The van der Waals surface area contributed by atoms with Crippen molar-refractivity contribution >= 4 is 0 Å². The van der Waals surface area contributed by atoms with Crippen molar-refractivity contribution in [1.82, 2.24) is 0 Å². The highest BCUT2D eigenvalue weighted by Gasteiger charge is 2.42. The van der Waals surface area contributed by atoms with Crippen molar-refractivity contribution in [3.05, 3.63) is 0 Å². The predicted molar refractivity (Wildman–Crippen MR) is 87.8 cm³/mol. The minimum absolute atomic E-state index is 1.13. The van der Waals surface area contributed by atoms with E-state index in [4.69, 9.17) is 0 Å². The molecule has 0 bridgehead atoms. The van der Waals surface area contributed by atoms with Gasteiger partial charge in [0.25, 0.3) is 0 Å². The molecule has 20 heavy (non-hydrogen) atoms. The fourth-order valence-electron chi connectivity index (χ4n) is 4.48. The molecule has 3 rings (SSSR count). The van der Waals surface area contributed by atoms with Crippen LogP contribution in [0.3, 0.4) is 0 Å². The zero-order valence-electron chi connectivity index (χ0n) is 13.8. The molecular weight excluding hydrogens is 240 g/mol. The van der Waals surface area contributed by atoms with Crippen molar-refractivity contribution in [3.63, 3.8) is 0 Å². The molecule has 0 radical (unpaired) electrons. The Hall–Kier alpha value is 0. The second kappa shape index (κ2) is 7.32. The average molecular weight is 277 g/mol. The van der Waals surface area contributed by atoms with E-state index in [-0.39, 0.29) is 0 Å². The molecule has 3 aliphatic carbocycles. The lowest BCUT2D eigenvalue weighted by molar-refractivity contribution is 0.222. The molecule has 0 aromatic carbocycles. The van der Waals surface area contributed by atoms with E-state index in [0.717, 1.165) is 29.6 Å². The van der Waals surface area contributed by atoms with Crippen LogP contribution in [-0.2, 0) is 0 Å². The molecule has 0 nitrogen and oxygen atoms in total. The van der Waals surface area contributed by atoms with E-state index in [1.165, 1.54) is 25.7 Å². The molecule has 0 N–H and O–H groups in total. The van der Waals surface area contributed by atoms with E-state index in [1.807, 2.05) is 0 Å². The second-order valence-corrected chi connectivity index (χ2v) is 8.23. The highest BCUT2D eigenvalue weighted by Crippen LogP contribution is 2.52. The lowest BCUT2D eigenvalue weighted by atomic mass is 9.78. The smallest absolute Gasteiger partial charge is 0.0355 e. The largest absolute Gasteiger partial charge is 0.0654 e. The highest BCUT2D eigenvalue weighted by atomic mass is 14.5. The van der Waals surface area contributed by atoms with Crippen LogP contribution in [0.2, 0.25) is 0 Å². The summed E-state index contributed by atoms with van der Waals surface area (Å²) in [6, 6.07) is 0. The van der Waals surface area contributed by atoms with Crippen LogP contribution >= 0.6 is 0 Å². The lowest BCUT2D eigenvalue weighted by Gasteiger charge is -2.27. The normalized spacial score (nSPS) is 25.6. The predicted octanol–water partition coefficient (Wildman–Crippen LogP) is 6.59. The fraction of sp³-hybridized carbons (Fsp3) is 1.00. The van der Waals surface area contributed by atoms with Crippen LogP contribution in [-0.4, -0.2) is 0 Å². The molecule has 2 unspecified atom stereocenters. The molecule has 0 aromatic heterocycles. The van der Waals surface area contributed by atoms with E-state index in [9.17, 15) is 0 Å². The topological polar surface area (TPSA) is 0 Å². The van der Waals surface area contributed by atoms with Crippen LogP contribution < -0.4 is 0 Å². The third-order valence-electron chi connectivity index (χ3n) is 6.24. The van der Waals surface area contributed by atoms with Crippen LogP contribution in [0.4, 0.5) is 0 Å². The molecule has 0 heterocycles. The molecule has 3 aliphatic rings. The molecule has 0 heteroatoms. The third kappa shape index (κ3) is 4.78. The van der Waals surface area contributed by atoms with Gasteiger partial charge in [0.15, 0.2) is 0 Å². The molecule has 0 aliphatic heterocycles. The Labute approximate surface area is 127 Å². The molecule has 3 fully saturated rings. The quantitative estimate of drug-likeness (QED) is 0.353. The molecule has 116 valence electrons. The summed E-state index contributed by atoms with van der Waals surface area (Å²) in [5.41, 5.74) is 0. The van der Waals surface area contributed by atoms with Crippen molar-refractivity contribution in [2.75, 3.05) is 0 Å². The molecule has 0 saturated heterocycles. The first-order valence-electron chi connectivity index (χ1n) is 9.88. The summed E-state index contributed by atoms with van der Waals surface area (Å²) < 4.78 is 0. The Balaban J connectivity index is 1.38. The van der Waals surface area contributed by atoms with E-state index < -0.39 is 0 Å². The summed E-state index contributed by atoms with van der Waals surface area (Å²) in [6.45, 7) is 2.37. The zero-order chi connectivity index (χ0) is 13.8. The first-order valence-corrected chi connectivity index (χ1v) is 9.88.